The number of rotatable bonds is 9. The third-order valence-electron chi connectivity index (χ3n) is 6.75. The number of piperidine rings is 1. The molecule has 0 radical (unpaired) electrons. The van der Waals surface area contributed by atoms with Crippen molar-refractivity contribution in [1.29, 1.82) is 5.26 Å². The van der Waals surface area contributed by atoms with Crippen molar-refractivity contribution in [1.82, 2.24) is 9.47 Å². The van der Waals surface area contributed by atoms with Gasteiger partial charge in [0, 0.05) is 31.7 Å². The molecule has 2 fully saturated rings. The van der Waals surface area contributed by atoms with Crippen LogP contribution in [-0.2, 0) is 11.3 Å². The predicted octanol–water partition coefficient (Wildman–Crippen LogP) is 5.46. The normalized spacial score (nSPS) is 19.9. The third-order valence-corrected chi connectivity index (χ3v) is 8.13. The fraction of sp³-hybridized carbons (Fsp3) is 0.615. The molecule has 0 spiro atoms. The van der Waals surface area contributed by atoms with Gasteiger partial charge in [0.25, 0.3) is 11.5 Å². The first-order valence-electron chi connectivity index (χ1n) is 12.5. The Labute approximate surface area is 213 Å². The lowest BCUT2D eigenvalue weighted by Gasteiger charge is -2.35. The molecule has 0 saturated carbocycles. The van der Waals surface area contributed by atoms with Gasteiger partial charge in [-0.3, -0.25) is 19.1 Å². The first-order chi connectivity index (χ1) is 16.3. The Hall–Kier alpha value is -2.11. The first kappa shape index (κ1) is 26.5. The molecule has 1 amide bonds. The zero-order valence-electron chi connectivity index (χ0n) is 20.9. The van der Waals surface area contributed by atoms with Gasteiger partial charge in [0.15, 0.2) is 0 Å². The van der Waals surface area contributed by atoms with Crippen molar-refractivity contribution in [2.75, 3.05) is 24.5 Å². The van der Waals surface area contributed by atoms with Crippen LogP contribution >= 0.6 is 24.0 Å². The highest BCUT2D eigenvalue weighted by Crippen LogP contribution is 2.37. The van der Waals surface area contributed by atoms with E-state index >= 15 is 0 Å². The molecule has 184 valence electrons. The molecular weight excluding hydrogens is 464 g/mol. The van der Waals surface area contributed by atoms with Crippen LogP contribution < -0.4 is 10.5 Å². The van der Waals surface area contributed by atoms with Crippen LogP contribution in [0.25, 0.3) is 6.08 Å². The van der Waals surface area contributed by atoms with E-state index in [-0.39, 0.29) is 17.0 Å². The number of thioether (sulfide) groups is 1. The smallest absolute Gasteiger partial charge is 0.270 e. The van der Waals surface area contributed by atoms with Gasteiger partial charge in [0.2, 0.25) is 0 Å². The molecule has 0 N–H and O–H groups in total. The second-order valence-electron chi connectivity index (χ2n) is 9.34. The van der Waals surface area contributed by atoms with Crippen molar-refractivity contribution in [3.05, 3.63) is 31.9 Å². The van der Waals surface area contributed by atoms with Gasteiger partial charge in [-0.1, -0.05) is 63.5 Å². The molecule has 3 rings (SSSR count). The zero-order valence-corrected chi connectivity index (χ0v) is 22.5. The standard InChI is InChI=1S/C26H36N4O2S2/c1-5-7-8-9-10-14-30-25(32)22(34-26(30)33)15-20-19(4)21(16-27)24(31)29(6-2)23(20)28-13-11-12-18(3)17-28/h15,18H,5-14,17H2,1-4H3. The lowest BCUT2D eigenvalue weighted by molar-refractivity contribution is -0.122. The minimum Gasteiger partial charge on any atom is -0.357 e. The van der Waals surface area contributed by atoms with Crippen LogP contribution in [0.2, 0.25) is 0 Å². The van der Waals surface area contributed by atoms with E-state index in [0.717, 1.165) is 50.2 Å². The Morgan fingerprint density at radius 3 is 2.59 bits per heavy atom. The summed E-state index contributed by atoms with van der Waals surface area (Å²) in [6.07, 6.45) is 9.68. The van der Waals surface area contributed by atoms with Crippen LogP contribution in [0.1, 0.15) is 82.4 Å². The van der Waals surface area contributed by atoms with Gasteiger partial charge in [-0.25, -0.2) is 0 Å². The molecule has 0 aliphatic carbocycles. The van der Waals surface area contributed by atoms with Crippen molar-refractivity contribution in [3.63, 3.8) is 0 Å². The number of aromatic nitrogens is 1. The summed E-state index contributed by atoms with van der Waals surface area (Å²) in [6.45, 7) is 11.0. The minimum atomic E-state index is -0.257. The van der Waals surface area contributed by atoms with Crippen LogP contribution in [0.15, 0.2) is 9.70 Å². The number of pyridine rings is 1. The number of nitrogens with zero attached hydrogens (tertiary/aromatic N) is 4. The summed E-state index contributed by atoms with van der Waals surface area (Å²) in [6, 6.07) is 2.11. The van der Waals surface area contributed by atoms with E-state index in [9.17, 15) is 14.9 Å². The zero-order chi connectivity index (χ0) is 24.8. The van der Waals surface area contributed by atoms with Crippen molar-refractivity contribution in [2.45, 2.75) is 79.2 Å². The Balaban J connectivity index is 2.01. The number of nitriles is 1. The summed E-state index contributed by atoms with van der Waals surface area (Å²) in [4.78, 5) is 30.9. The SMILES string of the molecule is CCCCCCCN1C(=O)C(=Cc2c(C)c(C#N)c(=O)n(CC)c2N2CCCC(C)C2)SC1=S. The summed E-state index contributed by atoms with van der Waals surface area (Å²) in [5.41, 5.74) is 1.31. The van der Waals surface area contributed by atoms with E-state index in [1.807, 2.05) is 19.9 Å². The summed E-state index contributed by atoms with van der Waals surface area (Å²) in [5.74, 6) is 1.26. The third kappa shape index (κ3) is 5.58. The van der Waals surface area contributed by atoms with E-state index in [1.54, 1.807) is 9.47 Å². The number of unbranched alkanes of at least 4 members (excludes halogenated alkanes) is 4. The lowest BCUT2D eigenvalue weighted by atomic mass is 9.98. The number of carbonyl (C=O) groups excluding carboxylic acids is 1. The second-order valence-corrected chi connectivity index (χ2v) is 11.0. The number of thiocarbonyl (C=S) groups is 1. The highest BCUT2D eigenvalue weighted by Gasteiger charge is 2.33. The van der Waals surface area contributed by atoms with Crippen LogP contribution in [0.5, 0.6) is 0 Å². The number of hydrogen-bond acceptors (Lipinski definition) is 6. The quantitative estimate of drug-likeness (QED) is 0.255. The van der Waals surface area contributed by atoms with Gasteiger partial charge in [0.05, 0.1) is 4.91 Å². The summed E-state index contributed by atoms with van der Waals surface area (Å²) in [5, 5.41) is 9.74. The van der Waals surface area contributed by atoms with E-state index in [1.165, 1.54) is 31.0 Å². The summed E-state index contributed by atoms with van der Waals surface area (Å²) in [7, 11) is 0. The van der Waals surface area contributed by atoms with Crippen molar-refractivity contribution in [2.24, 2.45) is 5.92 Å². The topological polar surface area (TPSA) is 69.3 Å². The fourth-order valence-corrected chi connectivity index (χ4v) is 6.15. The van der Waals surface area contributed by atoms with E-state index in [0.29, 0.717) is 33.8 Å². The van der Waals surface area contributed by atoms with E-state index in [2.05, 4.69) is 24.8 Å². The molecular formula is C26H36N4O2S2. The average molecular weight is 501 g/mol. The Bertz CT molecular complexity index is 1070. The maximum Gasteiger partial charge on any atom is 0.270 e. The van der Waals surface area contributed by atoms with Gasteiger partial charge >= 0.3 is 0 Å². The average Bonchev–Trinajstić information content (AvgIpc) is 3.08. The van der Waals surface area contributed by atoms with Crippen LogP contribution in [0.3, 0.4) is 0 Å². The molecule has 2 aliphatic rings. The summed E-state index contributed by atoms with van der Waals surface area (Å²) < 4.78 is 2.28. The van der Waals surface area contributed by atoms with Crippen LogP contribution in [-0.4, -0.2) is 39.3 Å². The Morgan fingerprint density at radius 1 is 1.21 bits per heavy atom. The molecule has 1 aromatic heterocycles. The summed E-state index contributed by atoms with van der Waals surface area (Å²) >= 11 is 6.87. The van der Waals surface area contributed by atoms with Crippen molar-refractivity contribution >= 4 is 46.1 Å². The van der Waals surface area contributed by atoms with E-state index < -0.39 is 0 Å². The minimum absolute atomic E-state index is 0.0735. The van der Waals surface area contributed by atoms with E-state index in [4.69, 9.17) is 12.2 Å². The molecule has 3 heterocycles. The Morgan fingerprint density at radius 2 is 1.94 bits per heavy atom. The lowest BCUT2D eigenvalue weighted by Crippen LogP contribution is -2.40. The molecule has 8 heteroatoms. The monoisotopic (exact) mass is 500 g/mol. The number of anilines is 1. The molecule has 1 aromatic rings. The van der Waals surface area contributed by atoms with Gasteiger partial charge in [-0.05, 0) is 50.7 Å². The van der Waals surface area contributed by atoms with Crippen LogP contribution in [0, 0.1) is 24.2 Å². The molecule has 1 unspecified atom stereocenters. The highest BCUT2D eigenvalue weighted by molar-refractivity contribution is 8.26. The highest BCUT2D eigenvalue weighted by atomic mass is 32.2. The second kappa shape index (κ2) is 12.0. The first-order valence-corrected chi connectivity index (χ1v) is 13.7. The number of amides is 1. The van der Waals surface area contributed by atoms with Gasteiger partial charge < -0.3 is 4.90 Å². The Kier molecular flexibility index (Phi) is 9.38. The predicted molar refractivity (Wildman–Crippen MR) is 145 cm³/mol. The van der Waals surface area contributed by atoms with Gasteiger partial charge in [-0.15, -0.1) is 0 Å². The van der Waals surface area contributed by atoms with Crippen molar-refractivity contribution < 1.29 is 4.79 Å². The van der Waals surface area contributed by atoms with Gasteiger partial charge in [0.1, 0.15) is 21.8 Å². The number of carbonyl (C=O) groups is 1. The fourth-order valence-electron chi connectivity index (χ4n) is 4.86. The molecule has 34 heavy (non-hydrogen) atoms. The van der Waals surface area contributed by atoms with Crippen LogP contribution in [0.4, 0.5) is 5.82 Å². The molecule has 1 atom stereocenters. The largest absolute Gasteiger partial charge is 0.357 e. The maximum atomic E-state index is 13.3. The number of hydrogen-bond donors (Lipinski definition) is 0. The van der Waals surface area contributed by atoms with Gasteiger partial charge in [-0.2, -0.15) is 5.26 Å². The molecule has 2 aliphatic heterocycles. The molecule has 0 bridgehead atoms. The molecule has 6 nitrogen and oxygen atoms in total. The molecule has 0 aromatic carbocycles. The maximum absolute atomic E-state index is 13.3. The van der Waals surface area contributed by atoms with Crippen molar-refractivity contribution in [3.8, 4) is 6.07 Å². The molecule has 2 saturated heterocycles.